The van der Waals surface area contributed by atoms with Crippen LogP contribution in [-0.2, 0) is 20.8 Å². The number of fused-ring (bicyclic) bond motifs is 1. The molecule has 3 aromatic rings. The minimum absolute atomic E-state index is 0.0768. The topological polar surface area (TPSA) is 89.7 Å². The minimum atomic E-state index is -0.918. The number of H-pyrrole nitrogens is 1. The number of benzene rings is 2. The Balaban J connectivity index is 1.80. The summed E-state index contributed by atoms with van der Waals surface area (Å²) in [6.45, 7) is 0.652. The van der Waals surface area contributed by atoms with E-state index < -0.39 is 12.0 Å². The molecule has 28 heavy (non-hydrogen) atoms. The summed E-state index contributed by atoms with van der Waals surface area (Å²) in [6, 6.07) is 11.9. The molecule has 1 heterocycles. The van der Waals surface area contributed by atoms with Crippen molar-refractivity contribution in [2.75, 3.05) is 20.8 Å². The second kappa shape index (κ2) is 8.53. The first-order valence-electron chi connectivity index (χ1n) is 8.45. The predicted molar refractivity (Wildman–Crippen MR) is 100 cm³/mol. The molecule has 0 atom stereocenters. The van der Waals surface area contributed by atoms with Gasteiger partial charge < -0.3 is 24.5 Å². The van der Waals surface area contributed by atoms with Gasteiger partial charge in [0.25, 0.3) is 0 Å². The van der Waals surface area contributed by atoms with Crippen molar-refractivity contribution in [3.63, 3.8) is 0 Å². The predicted octanol–water partition coefficient (Wildman–Crippen LogP) is 3.38. The van der Waals surface area contributed by atoms with E-state index in [-0.39, 0.29) is 18.3 Å². The number of rotatable bonds is 6. The lowest BCUT2D eigenvalue weighted by Crippen LogP contribution is -2.23. The lowest BCUT2D eigenvalue weighted by molar-refractivity contribution is -0.139. The Morgan fingerprint density at radius 3 is 2.50 bits per heavy atom. The number of aromatic amines is 1. The van der Waals surface area contributed by atoms with Gasteiger partial charge in [0.2, 0.25) is 0 Å². The third-order valence-electron chi connectivity index (χ3n) is 4.12. The molecule has 0 aliphatic heterocycles. The molecule has 0 unspecified atom stereocenters. The number of carbonyl (C=O) groups is 2. The largest absolute Gasteiger partial charge is 0.513 e. The summed E-state index contributed by atoms with van der Waals surface area (Å²) >= 11 is 0. The summed E-state index contributed by atoms with van der Waals surface area (Å²) in [6.07, 6.45) is -0.918. The maximum absolute atomic E-state index is 13.8. The second-order valence-corrected chi connectivity index (χ2v) is 5.98. The Labute approximate surface area is 160 Å². The number of ether oxygens (including phenoxy) is 3. The van der Waals surface area contributed by atoms with Crippen LogP contribution in [-0.4, -0.2) is 37.9 Å². The highest BCUT2D eigenvalue weighted by Gasteiger charge is 2.14. The number of hydrogen-bond donors (Lipinski definition) is 2. The quantitative estimate of drug-likeness (QED) is 0.499. The van der Waals surface area contributed by atoms with Crippen molar-refractivity contribution in [1.82, 2.24) is 10.3 Å². The molecule has 1 aromatic heterocycles. The van der Waals surface area contributed by atoms with Gasteiger partial charge in [0.15, 0.2) is 0 Å². The molecule has 0 aliphatic rings. The molecule has 2 N–H and O–H groups in total. The van der Waals surface area contributed by atoms with E-state index in [1.54, 1.807) is 6.07 Å². The van der Waals surface area contributed by atoms with Crippen LogP contribution in [0.25, 0.3) is 22.2 Å². The summed E-state index contributed by atoms with van der Waals surface area (Å²) < 4.78 is 27.9. The van der Waals surface area contributed by atoms with Crippen LogP contribution in [0.1, 0.15) is 5.56 Å². The molecule has 8 heteroatoms. The van der Waals surface area contributed by atoms with Gasteiger partial charge in [-0.05, 0) is 23.3 Å². The van der Waals surface area contributed by atoms with E-state index in [4.69, 9.17) is 4.74 Å². The molecule has 146 valence electrons. The van der Waals surface area contributed by atoms with Crippen LogP contribution in [0.2, 0.25) is 0 Å². The van der Waals surface area contributed by atoms with Crippen LogP contribution < -0.4 is 10.1 Å². The number of methoxy groups -OCH3 is 2. The average Bonchev–Trinajstić information content (AvgIpc) is 3.12. The maximum atomic E-state index is 13.8. The summed E-state index contributed by atoms with van der Waals surface area (Å²) in [4.78, 5) is 25.6. The smallest absolute Gasteiger partial charge is 0.468 e. The zero-order valence-corrected chi connectivity index (χ0v) is 15.4. The third kappa shape index (κ3) is 4.47. The standard InChI is InChI=1S/C20H19FN2O5/c1-26-19(24)11-22-10-12-3-5-13(6-4-12)16-9-15-17(23-16)7-14(21)8-18(15)28-20(25)27-2/h3-9,22-23H,10-11H2,1-2H3. The fourth-order valence-electron chi connectivity index (χ4n) is 2.73. The molecule has 7 nitrogen and oxygen atoms in total. The van der Waals surface area contributed by atoms with E-state index in [9.17, 15) is 14.0 Å². The van der Waals surface area contributed by atoms with Crippen molar-refractivity contribution in [1.29, 1.82) is 0 Å². The van der Waals surface area contributed by atoms with Crippen molar-refractivity contribution >= 4 is 23.0 Å². The molecule has 0 aliphatic carbocycles. The number of halogens is 1. The summed E-state index contributed by atoms with van der Waals surface area (Å²) in [5.74, 6) is -0.785. The highest BCUT2D eigenvalue weighted by molar-refractivity contribution is 5.92. The van der Waals surface area contributed by atoms with E-state index >= 15 is 0 Å². The number of nitrogens with one attached hydrogen (secondary N) is 2. The van der Waals surface area contributed by atoms with Crippen molar-refractivity contribution in [2.24, 2.45) is 0 Å². The van der Waals surface area contributed by atoms with Crippen LogP contribution in [0.4, 0.5) is 9.18 Å². The molecule has 0 amide bonds. The normalized spacial score (nSPS) is 10.7. The molecular formula is C20H19FN2O5. The van der Waals surface area contributed by atoms with E-state index in [2.05, 4.69) is 19.8 Å². The Kier molecular flexibility index (Phi) is 5.90. The van der Waals surface area contributed by atoms with Gasteiger partial charge in [-0.1, -0.05) is 24.3 Å². The Hall–Kier alpha value is -3.39. The second-order valence-electron chi connectivity index (χ2n) is 5.98. The zero-order chi connectivity index (χ0) is 20.1. The van der Waals surface area contributed by atoms with Gasteiger partial charge in [-0.3, -0.25) is 4.79 Å². The number of carbonyl (C=O) groups excluding carboxylic acids is 2. The van der Waals surface area contributed by atoms with Crippen LogP contribution in [0.5, 0.6) is 5.75 Å². The first kappa shape index (κ1) is 19.4. The highest BCUT2D eigenvalue weighted by Crippen LogP contribution is 2.32. The van der Waals surface area contributed by atoms with Gasteiger partial charge >= 0.3 is 12.1 Å². The Bertz CT molecular complexity index is 998. The fourth-order valence-corrected chi connectivity index (χ4v) is 2.73. The zero-order valence-electron chi connectivity index (χ0n) is 15.4. The number of aromatic nitrogens is 1. The lowest BCUT2D eigenvalue weighted by atomic mass is 10.1. The molecular weight excluding hydrogens is 367 g/mol. The minimum Gasteiger partial charge on any atom is -0.468 e. The van der Waals surface area contributed by atoms with Gasteiger partial charge in [0.1, 0.15) is 11.6 Å². The lowest BCUT2D eigenvalue weighted by Gasteiger charge is -2.05. The Morgan fingerprint density at radius 1 is 1.07 bits per heavy atom. The SMILES string of the molecule is COC(=O)CNCc1ccc(-c2cc3c(OC(=O)OC)cc(F)cc3[nH]2)cc1. The number of esters is 1. The molecule has 3 rings (SSSR count). The van der Waals surface area contributed by atoms with Crippen LogP contribution in [0, 0.1) is 5.82 Å². The van der Waals surface area contributed by atoms with E-state index in [1.165, 1.54) is 20.3 Å². The highest BCUT2D eigenvalue weighted by atomic mass is 19.1. The molecule has 0 saturated heterocycles. The van der Waals surface area contributed by atoms with E-state index in [0.717, 1.165) is 22.9 Å². The monoisotopic (exact) mass is 386 g/mol. The van der Waals surface area contributed by atoms with Gasteiger partial charge in [-0.15, -0.1) is 0 Å². The van der Waals surface area contributed by atoms with E-state index in [0.29, 0.717) is 17.4 Å². The van der Waals surface area contributed by atoms with Gasteiger partial charge in [0, 0.05) is 23.7 Å². The van der Waals surface area contributed by atoms with Crippen molar-refractivity contribution in [3.05, 3.63) is 53.8 Å². The average molecular weight is 386 g/mol. The van der Waals surface area contributed by atoms with Crippen molar-refractivity contribution < 1.29 is 28.2 Å². The molecule has 0 saturated carbocycles. The van der Waals surface area contributed by atoms with Gasteiger partial charge in [-0.2, -0.15) is 0 Å². The molecule has 0 spiro atoms. The molecule has 0 fully saturated rings. The van der Waals surface area contributed by atoms with Gasteiger partial charge in [0.05, 0.1) is 26.3 Å². The van der Waals surface area contributed by atoms with E-state index in [1.807, 2.05) is 24.3 Å². The molecule has 0 bridgehead atoms. The van der Waals surface area contributed by atoms with Crippen LogP contribution in [0.3, 0.4) is 0 Å². The van der Waals surface area contributed by atoms with Gasteiger partial charge in [-0.25, -0.2) is 9.18 Å². The Morgan fingerprint density at radius 2 is 1.82 bits per heavy atom. The summed E-state index contributed by atoms with van der Waals surface area (Å²) in [7, 11) is 2.52. The molecule has 0 radical (unpaired) electrons. The maximum Gasteiger partial charge on any atom is 0.513 e. The summed E-state index contributed by atoms with van der Waals surface area (Å²) in [5, 5.41) is 3.55. The summed E-state index contributed by atoms with van der Waals surface area (Å²) in [5.41, 5.74) is 3.10. The first-order chi connectivity index (χ1) is 13.5. The number of hydrogen-bond acceptors (Lipinski definition) is 6. The van der Waals surface area contributed by atoms with Crippen LogP contribution in [0.15, 0.2) is 42.5 Å². The fraction of sp³-hybridized carbons (Fsp3) is 0.200. The van der Waals surface area contributed by atoms with Crippen molar-refractivity contribution in [2.45, 2.75) is 6.54 Å². The first-order valence-corrected chi connectivity index (χ1v) is 8.45. The van der Waals surface area contributed by atoms with Crippen molar-refractivity contribution in [3.8, 4) is 17.0 Å². The third-order valence-corrected chi connectivity index (χ3v) is 4.12. The molecule has 2 aromatic carbocycles. The van der Waals surface area contributed by atoms with Crippen LogP contribution >= 0.6 is 0 Å².